The van der Waals surface area contributed by atoms with Crippen molar-refractivity contribution in [3.05, 3.63) is 11.9 Å². The molecule has 0 radical (unpaired) electrons. The number of nitrogens with two attached hydrogens (primary N) is 1. The molecular weight excluding hydrogens is 228 g/mol. The monoisotopic (exact) mass is 254 g/mol. The highest BCUT2D eigenvalue weighted by atomic mass is 16.5. The van der Waals surface area contributed by atoms with Crippen molar-refractivity contribution in [3.8, 4) is 5.75 Å². The summed E-state index contributed by atoms with van der Waals surface area (Å²) in [4.78, 5) is 2.12. The third-order valence-electron chi connectivity index (χ3n) is 3.72. The van der Waals surface area contributed by atoms with Crippen LogP contribution in [0, 0.1) is 0 Å². The predicted octanol–water partition coefficient (Wildman–Crippen LogP) is 1.81. The largest absolute Gasteiger partial charge is 0.493 e. The van der Waals surface area contributed by atoms with Crippen LogP contribution in [-0.2, 0) is 0 Å². The average molecular weight is 254 g/mol. The number of hydrogen-bond acceptors (Lipinski definition) is 4. The molecule has 0 aliphatic heterocycles. The molecule has 0 saturated carbocycles. The molecule has 0 bridgehead atoms. The van der Waals surface area contributed by atoms with Gasteiger partial charge in [0.25, 0.3) is 0 Å². The topological polar surface area (TPSA) is 56.3 Å². The van der Waals surface area contributed by atoms with Gasteiger partial charge in [-0.15, -0.1) is 0 Å². The van der Waals surface area contributed by atoms with E-state index >= 15 is 0 Å². The van der Waals surface area contributed by atoms with Gasteiger partial charge in [-0.25, -0.2) is 0 Å². The van der Waals surface area contributed by atoms with Gasteiger partial charge in [0.05, 0.1) is 25.0 Å². The van der Waals surface area contributed by atoms with Gasteiger partial charge in [-0.1, -0.05) is 0 Å². The molecule has 0 aromatic carbocycles. The Morgan fingerprint density at radius 3 is 2.33 bits per heavy atom. The van der Waals surface area contributed by atoms with Gasteiger partial charge in [0.15, 0.2) is 5.75 Å². The van der Waals surface area contributed by atoms with E-state index in [1.54, 1.807) is 13.3 Å². The summed E-state index contributed by atoms with van der Waals surface area (Å²) in [5, 5.41) is 4.37. The third kappa shape index (κ3) is 2.52. The molecule has 1 atom stereocenters. The van der Waals surface area contributed by atoms with E-state index in [4.69, 9.17) is 10.5 Å². The lowest BCUT2D eigenvalue weighted by atomic mass is 9.91. The summed E-state index contributed by atoms with van der Waals surface area (Å²) in [6, 6.07) is 0.0836. The smallest absolute Gasteiger partial charge is 0.161 e. The Labute approximate surface area is 110 Å². The summed E-state index contributed by atoms with van der Waals surface area (Å²) < 4.78 is 7.33. The van der Waals surface area contributed by atoms with Gasteiger partial charge in [0.1, 0.15) is 0 Å². The number of nitrogens with zero attached hydrogens (tertiary/aromatic N) is 3. The van der Waals surface area contributed by atoms with Crippen molar-refractivity contribution in [1.82, 2.24) is 14.7 Å². The Bertz CT molecular complexity index is 396. The van der Waals surface area contributed by atoms with Crippen LogP contribution in [0.4, 0.5) is 0 Å². The molecule has 1 heterocycles. The minimum Gasteiger partial charge on any atom is -0.493 e. The molecule has 1 rings (SSSR count). The van der Waals surface area contributed by atoms with E-state index in [1.165, 1.54) is 0 Å². The van der Waals surface area contributed by atoms with Gasteiger partial charge in [0.2, 0.25) is 0 Å². The maximum atomic E-state index is 6.45. The second kappa shape index (κ2) is 5.28. The normalized spacial score (nSPS) is 14.3. The lowest BCUT2D eigenvalue weighted by Gasteiger charge is -2.38. The van der Waals surface area contributed by atoms with E-state index in [1.807, 2.05) is 18.8 Å². The maximum absolute atomic E-state index is 6.45. The Kier molecular flexibility index (Phi) is 4.40. The van der Waals surface area contributed by atoms with Crippen LogP contribution in [0.1, 0.15) is 45.5 Å². The standard InChI is InChI=1S/C13H26N4O/c1-9(2)17-11(10(18-7)8-15-17)12(14)13(3,4)16(5)6/h8-9,12H,14H2,1-7H3. The van der Waals surface area contributed by atoms with Crippen molar-refractivity contribution in [3.63, 3.8) is 0 Å². The molecule has 1 aromatic rings. The van der Waals surface area contributed by atoms with Crippen molar-refractivity contribution < 1.29 is 4.74 Å². The summed E-state index contributed by atoms with van der Waals surface area (Å²) in [6.07, 6.45) is 1.74. The van der Waals surface area contributed by atoms with Crippen LogP contribution in [0.25, 0.3) is 0 Å². The van der Waals surface area contributed by atoms with Crippen LogP contribution in [-0.4, -0.2) is 41.4 Å². The molecule has 0 fully saturated rings. The van der Waals surface area contributed by atoms with Gasteiger partial charge < -0.3 is 15.4 Å². The minimum atomic E-state index is -0.181. The molecule has 5 heteroatoms. The fourth-order valence-electron chi connectivity index (χ4n) is 1.83. The lowest BCUT2D eigenvalue weighted by molar-refractivity contribution is 0.151. The summed E-state index contributed by atoms with van der Waals surface area (Å²) >= 11 is 0. The summed E-state index contributed by atoms with van der Waals surface area (Å²) in [7, 11) is 5.71. The van der Waals surface area contributed by atoms with E-state index in [0.29, 0.717) is 0 Å². The number of methoxy groups -OCH3 is 1. The fraction of sp³-hybridized carbons (Fsp3) is 0.769. The molecule has 1 unspecified atom stereocenters. The highest BCUT2D eigenvalue weighted by molar-refractivity contribution is 5.30. The first-order valence-corrected chi connectivity index (χ1v) is 6.27. The molecule has 1 aromatic heterocycles. The molecule has 104 valence electrons. The zero-order chi connectivity index (χ0) is 14.1. The SMILES string of the molecule is COc1cnn(C(C)C)c1C(N)C(C)(C)N(C)C. The van der Waals surface area contributed by atoms with Crippen LogP contribution in [0.2, 0.25) is 0 Å². The first-order chi connectivity index (χ1) is 8.23. The van der Waals surface area contributed by atoms with E-state index < -0.39 is 0 Å². The molecular formula is C13H26N4O. The quantitative estimate of drug-likeness (QED) is 0.870. The maximum Gasteiger partial charge on any atom is 0.161 e. The van der Waals surface area contributed by atoms with Gasteiger partial charge in [-0.2, -0.15) is 5.10 Å². The van der Waals surface area contributed by atoms with Crippen LogP contribution in [0.5, 0.6) is 5.75 Å². The number of likely N-dealkylation sites (N-methyl/N-ethyl adjacent to an activating group) is 1. The van der Waals surface area contributed by atoms with Crippen LogP contribution >= 0.6 is 0 Å². The third-order valence-corrected chi connectivity index (χ3v) is 3.72. The van der Waals surface area contributed by atoms with Crippen LogP contribution in [0.3, 0.4) is 0 Å². The van der Waals surface area contributed by atoms with Crippen molar-refractivity contribution in [2.75, 3.05) is 21.2 Å². The number of ether oxygens (including phenoxy) is 1. The second-order valence-electron chi connectivity index (χ2n) is 5.66. The van der Waals surface area contributed by atoms with Gasteiger partial charge in [0, 0.05) is 11.6 Å². The van der Waals surface area contributed by atoms with Gasteiger partial charge in [-0.05, 0) is 41.8 Å². The predicted molar refractivity (Wildman–Crippen MR) is 73.9 cm³/mol. The Morgan fingerprint density at radius 1 is 1.39 bits per heavy atom. The van der Waals surface area contributed by atoms with E-state index in [2.05, 4.69) is 37.7 Å². The Morgan fingerprint density at radius 2 is 1.94 bits per heavy atom. The molecule has 0 aliphatic carbocycles. The van der Waals surface area contributed by atoms with Crippen LogP contribution in [0.15, 0.2) is 6.20 Å². The van der Waals surface area contributed by atoms with Crippen molar-refractivity contribution in [2.24, 2.45) is 5.73 Å². The molecule has 5 nitrogen and oxygen atoms in total. The lowest BCUT2D eigenvalue weighted by Crippen LogP contribution is -2.48. The highest BCUT2D eigenvalue weighted by Gasteiger charge is 2.34. The number of hydrogen-bond donors (Lipinski definition) is 1. The number of rotatable bonds is 5. The van der Waals surface area contributed by atoms with E-state index in [0.717, 1.165) is 11.4 Å². The summed E-state index contributed by atoms with van der Waals surface area (Å²) in [5.41, 5.74) is 7.22. The minimum absolute atomic E-state index is 0.174. The summed E-state index contributed by atoms with van der Waals surface area (Å²) in [5.74, 6) is 0.756. The van der Waals surface area contributed by atoms with Crippen molar-refractivity contribution in [2.45, 2.75) is 45.3 Å². The fourth-order valence-corrected chi connectivity index (χ4v) is 1.83. The highest BCUT2D eigenvalue weighted by Crippen LogP contribution is 2.34. The van der Waals surface area contributed by atoms with Crippen LogP contribution < -0.4 is 10.5 Å². The Balaban J connectivity index is 3.26. The summed E-state index contributed by atoms with van der Waals surface area (Å²) in [6.45, 7) is 8.42. The molecule has 0 amide bonds. The molecule has 0 spiro atoms. The number of aromatic nitrogens is 2. The van der Waals surface area contributed by atoms with E-state index in [9.17, 15) is 0 Å². The van der Waals surface area contributed by atoms with Crippen molar-refractivity contribution in [1.29, 1.82) is 0 Å². The Hall–Kier alpha value is -1.07. The van der Waals surface area contributed by atoms with E-state index in [-0.39, 0.29) is 17.6 Å². The second-order valence-corrected chi connectivity index (χ2v) is 5.66. The molecule has 0 aliphatic rings. The van der Waals surface area contributed by atoms with Gasteiger partial charge in [-0.3, -0.25) is 4.68 Å². The van der Waals surface area contributed by atoms with Gasteiger partial charge >= 0.3 is 0 Å². The average Bonchev–Trinajstić information content (AvgIpc) is 2.70. The zero-order valence-electron chi connectivity index (χ0n) is 12.6. The molecule has 2 N–H and O–H groups in total. The first kappa shape index (κ1) is 15.0. The van der Waals surface area contributed by atoms with Crippen molar-refractivity contribution >= 4 is 0 Å². The molecule has 18 heavy (non-hydrogen) atoms. The molecule has 0 saturated heterocycles. The first-order valence-electron chi connectivity index (χ1n) is 6.27. The zero-order valence-corrected chi connectivity index (χ0v) is 12.6.